The summed E-state index contributed by atoms with van der Waals surface area (Å²) in [5.41, 5.74) is 0.811. The average molecular weight is 1630 g/mol. The van der Waals surface area contributed by atoms with Gasteiger partial charge in [0.05, 0.1) is 174 Å². The molecule has 648 valence electrons. The minimum Gasteiger partial charge on any atom is -0.394 e. The normalized spacial score (nSPS) is 28.3. The minimum absolute atomic E-state index is 0. The van der Waals surface area contributed by atoms with Gasteiger partial charge >= 0.3 is 0 Å². The van der Waals surface area contributed by atoms with Crippen LogP contribution in [0.15, 0.2) is 24.8 Å². The zero-order valence-electron chi connectivity index (χ0n) is 64.7. The summed E-state index contributed by atoms with van der Waals surface area (Å²) in [7, 11) is 0. The first-order valence-corrected chi connectivity index (χ1v) is 37.8. The number of Topliss-reactive ketones (excluding diaryl/α,β-unsaturated/α-hetero) is 1. The van der Waals surface area contributed by atoms with Crippen molar-refractivity contribution >= 4 is 29.3 Å². The zero-order chi connectivity index (χ0) is 81.9. The molecule has 45 nitrogen and oxygen atoms in total. The van der Waals surface area contributed by atoms with Crippen molar-refractivity contribution < 1.29 is 137 Å². The number of carbonyl (C=O) groups is 4. The molecular formula is C69H119N17O28. The van der Waals surface area contributed by atoms with Crippen molar-refractivity contribution in [2.45, 2.75) is 244 Å². The van der Waals surface area contributed by atoms with Gasteiger partial charge in [-0.25, -0.2) is 18.7 Å². The molecule has 15 N–H and O–H groups in total. The van der Waals surface area contributed by atoms with Gasteiger partial charge in [-0.3, -0.25) is 24.1 Å². The number of hydrogen-bond donors (Lipinski definition) is 15. The van der Waals surface area contributed by atoms with E-state index >= 15 is 4.79 Å². The number of aromatic nitrogens is 12. The van der Waals surface area contributed by atoms with Crippen molar-refractivity contribution in [3.63, 3.8) is 0 Å². The Labute approximate surface area is 659 Å². The van der Waals surface area contributed by atoms with Gasteiger partial charge in [-0.05, 0) is 25.8 Å². The Hall–Kier alpha value is -6.56. The van der Waals surface area contributed by atoms with Gasteiger partial charge in [0, 0.05) is 57.6 Å². The number of nitrogens with zero attached hydrogens (tertiary/aromatic N) is 14. The van der Waals surface area contributed by atoms with E-state index in [9.17, 15) is 75.7 Å². The molecule has 0 bridgehead atoms. The number of rotatable bonds is 49. The molecule has 8 rings (SSSR count). The predicted octanol–water partition coefficient (Wildman–Crippen LogP) is -7.41. The predicted molar refractivity (Wildman–Crippen MR) is 389 cm³/mol. The largest absolute Gasteiger partial charge is 0.394 e. The monoisotopic (exact) mass is 1630 g/mol. The number of hydrogen-bond acceptors (Lipinski definition) is 38. The first-order chi connectivity index (χ1) is 54.1. The highest BCUT2D eigenvalue weighted by atomic mass is 16.7. The van der Waals surface area contributed by atoms with Crippen molar-refractivity contribution in [3.05, 3.63) is 41.9 Å². The average Bonchev–Trinajstić information content (AvgIpc) is 1.37. The molecule has 4 aliphatic rings. The van der Waals surface area contributed by atoms with Crippen LogP contribution in [0.1, 0.15) is 92.2 Å². The summed E-state index contributed by atoms with van der Waals surface area (Å²) in [5, 5.41) is 166. The van der Waals surface area contributed by atoms with Gasteiger partial charge in [-0.1, -0.05) is 56.0 Å². The molecule has 4 aromatic rings. The van der Waals surface area contributed by atoms with E-state index in [1.165, 1.54) is 20.8 Å². The van der Waals surface area contributed by atoms with Crippen molar-refractivity contribution in [1.82, 2.24) is 80.8 Å². The highest BCUT2D eigenvalue weighted by molar-refractivity contribution is 5.91. The van der Waals surface area contributed by atoms with E-state index in [1.54, 1.807) is 50.4 Å². The van der Waals surface area contributed by atoms with Gasteiger partial charge in [-0.15, -0.1) is 20.4 Å². The van der Waals surface area contributed by atoms with Gasteiger partial charge in [0.1, 0.15) is 91.0 Å². The third kappa shape index (κ3) is 28.1. The van der Waals surface area contributed by atoms with Crippen molar-refractivity contribution in [2.24, 2.45) is 11.3 Å². The second kappa shape index (κ2) is 47.1. The standard InChI is InChI=1S/C68H115N17O28.CH4/c1-39-55(93)56(94)47(35-86)110-64(39)106-24-20-102-18-14-83-32-45(74-78-83)33-85(51-34-84(79-75-51)15-19-105-23-27-109-67-54(71-42(4)92)62(100)59(97)50(38-89)113-67)46(63(101)68(5,6)7)10-8-9-11-80(28-43-30-81(76-72-43)12-16-103-21-25-107-65-52(69-40(2)90)60(98)57(95)48(36-87)111-65)29-44-31-82(77-73-44)13-17-104-22-26-108-66-53(70-41(3)91)61(99)58(96)49(37-88)112-66;/h30-32,34,39,46-50,52-62,64-67,86-89,93-100H,8-29,33,35-38H2,1-7H3,(H,69,90)(H,70,91)(H,71,92);1H4/t39-,46-,47-,48-,49-,50-,52-,53-,54-,55-,56+,57+,58+,59+,60-,61-,62-,64-,65-,66-,67-;/m1./s1. The lowest BCUT2D eigenvalue weighted by atomic mass is 9.84. The fraction of sp³-hybridized carbons (Fsp3) is 0.826. The number of unbranched alkanes of at least 4 members (excludes halogenated alkanes) is 1. The molecule has 0 aliphatic carbocycles. The lowest BCUT2D eigenvalue weighted by molar-refractivity contribution is -0.284. The van der Waals surface area contributed by atoms with Crippen LogP contribution < -0.4 is 20.9 Å². The number of anilines is 1. The Balaban J connectivity index is 0.0000180. The highest BCUT2D eigenvalue weighted by Crippen LogP contribution is 2.31. The van der Waals surface area contributed by atoms with Crippen LogP contribution in [0.2, 0.25) is 0 Å². The molecule has 3 amide bonds. The SMILES string of the molecule is C.CC(=O)N[C@H]1[C@H](OCCOCCn2cc(CN(CCCC[C@H](C(=O)C(C)(C)C)N(Cc3cn(CCOCCO[C@@H]4O[C@H](CO)[C@H](O)[C@H](O)[C@H]4C)nn3)c3cn(CCOCCO[C@@H]4O[C@H](CO)[C@H](O)[C@H](O)[C@H]4NC(C)=O)nn3)Cc3cn(CCOCCO[C@@H]4O[C@H](CO)[C@H](O)[C@H](O)[C@H]4NC(C)=O)nn3)nn2)O[C@H](CO)[C@H](O)[C@@H]1O. The first-order valence-electron chi connectivity index (χ1n) is 37.8. The maximum atomic E-state index is 15.0. The van der Waals surface area contributed by atoms with Crippen LogP contribution in [0.4, 0.5) is 5.82 Å². The highest BCUT2D eigenvalue weighted by Gasteiger charge is 2.49. The van der Waals surface area contributed by atoms with Crippen LogP contribution in [0.5, 0.6) is 0 Å². The van der Waals surface area contributed by atoms with Gasteiger partial charge in [0.2, 0.25) is 17.7 Å². The third-order valence-electron chi connectivity index (χ3n) is 19.1. The number of aliphatic hydroxyl groups excluding tert-OH is 12. The maximum Gasteiger partial charge on any atom is 0.217 e. The Morgan fingerprint density at radius 3 is 1.12 bits per heavy atom. The molecule has 21 atom stereocenters. The van der Waals surface area contributed by atoms with E-state index in [0.29, 0.717) is 48.7 Å². The third-order valence-corrected chi connectivity index (χ3v) is 19.1. The number of ether oxygens (including phenoxy) is 12. The molecule has 8 heterocycles. The smallest absolute Gasteiger partial charge is 0.217 e. The van der Waals surface area contributed by atoms with E-state index in [0.717, 1.165) is 0 Å². The summed E-state index contributed by atoms with van der Waals surface area (Å²) < 4.78 is 75.5. The summed E-state index contributed by atoms with van der Waals surface area (Å²) in [6.07, 6.45) is -11.9. The van der Waals surface area contributed by atoms with Crippen LogP contribution in [0.3, 0.4) is 0 Å². The second-order valence-corrected chi connectivity index (χ2v) is 29.0. The summed E-state index contributed by atoms with van der Waals surface area (Å²) in [5.74, 6) is -1.83. The van der Waals surface area contributed by atoms with Gasteiger partial charge < -0.3 is 139 Å². The molecule has 0 radical (unpaired) electrons. The number of ketones is 1. The van der Waals surface area contributed by atoms with Gasteiger partial charge in [0.25, 0.3) is 0 Å². The van der Waals surface area contributed by atoms with E-state index in [1.807, 2.05) is 25.7 Å². The Morgan fingerprint density at radius 1 is 0.447 bits per heavy atom. The van der Waals surface area contributed by atoms with Crippen molar-refractivity contribution in [2.75, 3.05) is 117 Å². The van der Waals surface area contributed by atoms with Crippen LogP contribution in [0.25, 0.3) is 0 Å². The quantitative estimate of drug-likeness (QED) is 0.0183. The van der Waals surface area contributed by atoms with E-state index < -0.39 is 178 Å². The van der Waals surface area contributed by atoms with E-state index in [4.69, 9.17) is 56.8 Å². The minimum atomic E-state index is -1.49. The van der Waals surface area contributed by atoms with Crippen LogP contribution in [-0.4, -0.2) is 384 Å². The molecule has 0 spiro atoms. The van der Waals surface area contributed by atoms with Gasteiger partial charge in [-0.2, -0.15) is 0 Å². The summed E-state index contributed by atoms with van der Waals surface area (Å²) in [6.45, 7) is 11.5. The second-order valence-electron chi connectivity index (χ2n) is 29.0. The zero-order valence-corrected chi connectivity index (χ0v) is 64.7. The molecule has 45 heteroatoms. The summed E-state index contributed by atoms with van der Waals surface area (Å²) in [6, 6.07) is -4.17. The molecule has 114 heavy (non-hydrogen) atoms. The molecule has 0 aromatic carbocycles. The summed E-state index contributed by atoms with van der Waals surface area (Å²) >= 11 is 0. The topological polar surface area (TPSA) is 587 Å². The van der Waals surface area contributed by atoms with Crippen molar-refractivity contribution in [3.8, 4) is 0 Å². The van der Waals surface area contributed by atoms with E-state index in [2.05, 4.69) is 62.1 Å². The van der Waals surface area contributed by atoms with Gasteiger partial charge in [0.15, 0.2) is 36.8 Å². The Kier molecular flexibility index (Phi) is 39.1. The number of nitrogens with one attached hydrogen (secondary N) is 3. The van der Waals surface area contributed by atoms with Crippen LogP contribution in [-0.2, 0) is 122 Å². The molecule has 4 saturated heterocycles. The van der Waals surface area contributed by atoms with Crippen molar-refractivity contribution in [1.29, 1.82) is 0 Å². The molecule has 0 unspecified atom stereocenters. The number of carbonyl (C=O) groups excluding carboxylic acids is 4. The lowest BCUT2D eigenvalue weighted by Gasteiger charge is -2.42. The summed E-state index contributed by atoms with van der Waals surface area (Å²) in [4.78, 5) is 54.8. The molecule has 4 aliphatic heterocycles. The molecule has 4 fully saturated rings. The fourth-order valence-corrected chi connectivity index (χ4v) is 13.1. The van der Waals surface area contributed by atoms with E-state index in [-0.39, 0.29) is 138 Å². The van der Waals surface area contributed by atoms with Crippen LogP contribution >= 0.6 is 0 Å². The Morgan fingerprint density at radius 2 is 0.772 bits per heavy atom. The first kappa shape index (κ1) is 94.6. The molecular weight excluding hydrogens is 1510 g/mol. The number of aliphatic hydroxyl groups is 12. The fourth-order valence-electron chi connectivity index (χ4n) is 13.1. The Bertz CT molecular complexity index is 3350. The lowest BCUT2D eigenvalue weighted by Crippen LogP contribution is -2.64. The molecule has 4 aromatic heterocycles. The molecule has 0 saturated carbocycles. The maximum absolute atomic E-state index is 15.0. The van der Waals surface area contributed by atoms with Crippen LogP contribution in [0, 0.1) is 11.3 Å². The number of amides is 3.